The van der Waals surface area contributed by atoms with Gasteiger partial charge in [-0.1, -0.05) is 0 Å². The molecule has 5 nitrogen and oxygen atoms in total. The van der Waals surface area contributed by atoms with E-state index in [4.69, 9.17) is 0 Å². The quantitative estimate of drug-likeness (QED) is 0.916. The smallest absolute Gasteiger partial charge is 0.263 e. The molecule has 0 aliphatic heterocycles. The number of pyridine rings is 2. The Hall–Kier alpha value is -2.43. The molecule has 0 atom stereocenters. The Labute approximate surface area is 117 Å². The normalized spacial score (nSPS) is 10.3. The van der Waals surface area contributed by atoms with E-state index in [1.807, 2.05) is 26.0 Å². The standard InChI is InChI=1S/C15H17N3O2/c1-10-8-13(15(20)18(3)11(10)2)14(19)17-9-12-4-6-16-7-5-12/h4-8H,9H2,1-3H3,(H,17,19). The number of rotatable bonds is 3. The molecule has 5 heteroatoms. The molecule has 20 heavy (non-hydrogen) atoms. The van der Waals surface area contributed by atoms with Gasteiger partial charge < -0.3 is 9.88 Å². The Bertz CT molecular complexity index is 690. The fourth-order valence-corrected chi connectivity index (χ4v) is 1.92. The molecule has 0 fully saturated rings. The molecule has 0 aliphatic rings. The number of aromatic nitrogens is 2. The van der Waals surface area contributed by atoms with Crippen LogP contribution in [0.25, 0.3) is 0 Å². The maximum Gasteiger partial charge on any atom is 0.263 e. The van der Waals surface area contributed by atoms with Crippen molar-refractivity contribution < 1.29 is 4.79 Å². The van der Waals surface area contributed by atoms with Crippen molar-refractivity contribution in [2.45, 2.75) is 20.4 Å². The fourth-order valence-electron chi connectivity index (χ4n) is 1.92. The highest BCUT2D eigenvalue weighted by atomic mass is 16.2. The number of amides is 1. The molecule has 1 N–H and O–H groups in total. The first-order chi connectivity index (χ1) is 9.50. The van der Waals surface area contributed by atoms with E-state index in [9.17, 15) is 9.59 Å². The molecule has 0 aromatic carbocycles. The van der Waals surface area contributed by atoms with E-state index in [1.54, 1.807) is 25.5 Å². The summed E-state index contributed by atoms with van der Waals surface area (Å²) in [6, 6.07) is 5.27. The van der Waals surface area contributed by atoms with Gasteiger partial charge in [-0.2, -0.15) is 0 Å². The number of nitrogens with one attached hydrogen (secondary N) is 1. The van der Waals surface area contributed by atoms with E-state index in [-0.39, 0.29) is 17.0 Å². The predicted molar refractivity (Wildman–Crippen MR) is 76.6 cm³/mol. The van der Waals surface area contributed by atoms with Crippen molar-refractivity contribution in [3.8, 4) is 0 Å². The zero-order valence-corrected chi connectivity index (χ0v) is 11.8. The molecule has 2 rings (SSSR count). The second-order valence-corrected chi connectivity index (χ2v) is 4.73. The number of nitrogens with zero attached hydrogens (tertiary/aromatic N) is 2. The molecule has 0 radical (unpaired) electrons. The van der Waals surface area contributed by atoms with Gasteiger partial charge >= 0.3 is 0 Å². The third-order valence-corrected chi connectivity index (χ3v) is 3.42. The molecule has 0 unspecified atom stereocenters. The van der Waals surface area contributed by atoms with E-state index in [0.717, 1.165) is 16.8 Å². The van der Waals surface area contributed by atoms with Crippen LogP contribution in [0.1, 0.15) is 27.2 Å². The molecule has 2 heterocycles. The zero-order valence-electron chi connectivity index (χ0n) is 11.8. The summed E-state index contributed by atoms with van der Waals surface area (Å²) in [4.78, 5) is 28.1. The van der Waals surface area contributed by atoms with E-state index >= 15 is 0 Å². The molecule has 1 amide bonds. The zero-order chi connectivity index (χ0) is 14.7. The molecular formula is C15H17N3O2. The van der Waals surface area contributed by atoms with Crippen LogP contribution in [0.2, 0.25) is 0 Å². The first-order valence-electron chi connectivity index (χ1n) is 6.35. The van der Waals surface area contributed by atoms with Gasteiger partial charge in [-0.3, -0.25) is 14.6 Å². The van der Waals surface area contributed by atoms with E-state index < -0.39 is 0 Å². The number of aryl methyl sites for hydroxylation is 1. The van der Waals surface area contributed by atoms with Crippen molar-refractivity contribution >= 4 is 5.91 Å². The van der Waals surface area contributed by atoms with E-state index in [0.29, 0.717) is 6.54 Å². The predicted octanol–water partition coefficient (Wildman–Crippen LogP) is 1.33. The number of hydrogen-bond donors (Lipinski definition) is 1. The van der Waals surface area contributed by atoms with Crippen LogP contribution >= 0.6 is 0 Å². The van der Waals surface area contributed by atoms with Gasteiger partial charge in [0.2, 0.25) is 0 Å². The van der Waals surface area contributed by atoms with E-state index in [2.05, 4.69) is 10.3 Å². The fraction of sp³-hybridized carbons (Fsp3) is 0.267. The van der Waals surface area contributed by atoms with Crippen molar-refractivity contribution in [2.24, 2.45) is 7.05 Å². The summed E-state index contributed by atoms with van der Waals surface area (Å²) < 4.78 is 1.50. The summed E-state index contributed by atoms with van der Waals surface area (Å²) in [6.07, 6.45) is 3.33. The average Bonchev–Trinajstić information content (AvgIpc) is 2.47. The lowest BCUT2D eigenvalue weighted by molar-refractivity contribution is 0.0948. The average molecular weight is 271 g/mol. The van der Waals surface area contributed by atoms with Gasteiger partial charge in [-0.15, -0.1) is 0 Å². The molecule has 0 saturated carbocycles. The molecule has 0 spiro atoms. The molecule has 2 aromatic heterocycles. The summed E-state index contributed by atoms with van der Waals surface area (Å²) >= 11 is 0. The second kappa shape index (κ2) is 5.69. The summed E-state index contributed by atoms with van der Waals surface area (Å²) in [7, 11) is 1.67. The van der Waals surface area contributed by atoms with Gasteiger partial charge in [0, 0.05) is 31.7 Å². The minimum absolute atomic E-state index is 0.171. The van der Waals surface area contributed by atoms with Crippen LogP contribution in [0.15, 0.2) is 35.4 Å². The van der Waals surface area contributed by atoms with Crippen LogP contribution in [0, 0.1) is 13.8 Å². The third kappa shape index (κ3) is 2.77. The second-order valence-electron chi connectivity index (χ2n) is 4.73. The Morgan fingerprint density at radius 1 is 1.30 bits per heavy atom. The molecule has 104 valence electrons. The van der Waals surface area contributed by atoms with Crippen LogP contribution in [0.4, 0.5) is 0 Å². The van der Waals surface area contributed by atoms with Gasteiger partial charge in [-0.05, 0) is 43.2 Å². The van der Waals surface area contributed by atoms with Crippen LogP contribution in [-0.4, -0.2) is 15.5 Å². The number of carbonyl (C=O) groups excluding carboxylic acids is 1. The Kier molecular flexibility index (Phi) is 3.98. The highest BCUT2D eigenvalue weighted by molar-refractivity contribution is 5.94. The molecule has 0 saturated heterocycles. The van der Waals surface area contributed by atoms with Crippen molar-refractivity contribution in [2.75, 3.05) is 0 Å². The summed E-state index contributed by atoms with van der Waals surface area (Å²) in [5.74, 6) is -0.356. The van der Waals surface area contributed by atoms with Crippen molar-refractivity contribution in [3.63, 3.8) is 0 Å². The molecular weight excluding hydrogens is 254 g/mol. The SMILES string of the molecule is Cc1cc(C(=O)NCc2ccncc2)c(=O)n(C)c1C. The minimum Gasteiger partial charge on any atom is -0.348 e. The minimum atomic E-state index is -0.356. The Balaban J connectivity index is 2.20. The van der Waals surface area contributed by atoms with Crippen LogP contribution in [-0.2, 0) is 13.6 Å². The largest absolute Gasteiger partial charge is 0.348 e. The Morgan fingerprint density at radius 2 is 1.95 bits per heavy atom. The highest BCUT2D eigenvalue weighted by Crippen LogP contribution is 2.05. The summed E-state index contributed by atoms with van der Waals surface area (Å²) in [6.45, 7) is 4.11. The monoisotopic (exact) mass is 271 g/mol. The lowest BCUT2D eigenvalue weighted by atomic mass is 10.1. The molecule has 0 aliphatic carbocycles. The Morgan fingerprint density at radius 3 is 2.60 bits per heavy atom. The first kappa shape index (κ1) is 14.0. The summed E-state index contributed by atoms with van der Waals surface area (Å²) in [5.41, 5.74) is 2.61. The van der Waals surface area contributed by atoms with Gasteiger partial charge in [-0.25, -0.2) is 0 Å². The number of hydrogen-bond acceptors (Lipinski definition) is 3. The first-order valence-corrected chi connectivity index (χ1v) is 6.35. The van der Waals surface area contributed by atoms with Crippen molar-refractivity contribution in [3.05, 3.63) is 63.3 Å². The van der Waals surface area contributed by atoms with Crippen LogP contribution < -0.4 is 10.9 Å². The maximum atomic E-state index is 12.1. The van der Waals surface area contributed by atoms with Gasteiger partial charge in [0.25, 0.3) is 11.5 Å². The lowest BCUT2D eigenvalue weighted by Gasteiger charge is -2.10. The van der Waals surface area contributed by atoms with Crippen molar-refractivity contribution in [1.29, 1.82) is 0 Å². The lowest BCUT2D eigenvalue weighted by Crippen LogP contribution is -2.33. The molecule has 2 aromatic rings. The van der Waals surface area contributed by atoms with Crippen molar-refractivity contribution in [1.82, 2.24) is 14.9 Å². The summed E-state index contributed by atoms with van der Waals surface area (Å²) in [5, 5.41) is 2.75. The van der Waals surface area contributed by atoms with Gasteiger partial charge in [0.15, 0.2) is 0 Å². The highest BCUT2D eigenvalue weighted by Gasteiger charge is 2.13. The van der Waals surface area contributed by atoms with Crippen LogP contribution in [0.3, 0.4) is 0 Å². The van der Waals surface area contributed by atoms with Gasteiger partial charge in [0.1, 0.15) is 5.56 Å². The molecule has 0 bridgehead atoms. The number of carbonyl (C=O) groups is 1. The third-order valence-electron chi connectivity index (χ3n) is 3.42. The van der Waals surface area contributed by atoms with Gasteiger partial charge in [0.05, 0.1) is 0 Å². The van der Waals surface area contributed by atoms with E-state index in [1.165, 1.54) is 4.57 Å². The maximum absolute atomic E-state index is 12.1. The van der Waals surface area contributed by atoms with Crippen LogP contribution in [0.5, 0.6) is 0 Å². The topological polar surface area (TPSA) is 64.0 Å².